The van der Waals surface area contributed by atoms with E-state index in [2.05, 4.69) is 16.0 Å². The predicted molar refractivity (Wildman–Crippen MR) is 110 cm³/mol. The number of amides is 1. The summed E-state index contributed by atoms with van der Waals surface area (Å²) in [5.41, 5.74) is 4.52. The van der Waals surface area contributed by atoms with Gasteiger partial charge in [0.1, 0.15) is 5.82 Å². The van der Waals surface area contributed by atoms with Crippen LogP contribution in [-0.2, 0) is 11.3 Å². The molecule has 3 N–H and O–H groups in total. The van der Waals surface area contributed by atoms with Gasteiger partial charge in [0.05, 0.1) is 25.0 Å². The molecule has 3 rings (SSSR count). The van der Waals surface area contributed by atoms with Gasteiger partial charge in [0.2, 0.25) is 0 Å². The van der Waals surface area contributed by atoms with Crippen molar-refractivity contribution in [1.29, 1.82) is 0 Å². The second-order valence-electron chi connectivity index (χ2n) is 6.46. The summed E-state index contributed by atoms with van der Waals surface area (Å²) < 4.78 is 0. The highest BCUT2D eigenvalue weighted by atomic mass is 16.3. The maximum atomic E-state index is 13.2. The molecule has 1 heterocycles. The van der Waals surface area contributed by atoms with E-state index in [4.69, 9.17) is 9.90 Å². The molecule has 29 heavy (non-hydrogen) atoms. The number of aromatic amines is 1. The smallest absolute Gasteiger partial charge is 0.290 e. The second kappa shape index (κ2) is 10.8. The van der Waals surface area contributed by atoms with Crippen LogP contribution in [0.5, 0.6) is 0 Å². The van der Waals surface area contributed by atoms with Gasteiger partial charge >= 0.3 is 0 Å². The fourth-order valence-corrected chi connectivity index (χ4v) is 3.04. The van der Waals surface area contributed by atoms with Gasteiger partial charge in [0.25, 0.3) is 12.4 Å². The lowest BCUT2D eigenvalue weighted by Crippen LogP contribution is -2.33. The molecule has 0 radical (unpaired) electrons. The highest BCUT2D eigenvalue weighted by molar-refractivity contribution is 6.00. The van der Waals surface area contributed by atoms with E-state index in [1.54, 1.807) is 11.1 Å². The first-order valence-electron chi connectivity index (χ1n) is 9.14. The highest BCUT2D eigenvalue weighted by Crippen LogP contribution is 2.26. The summed E-state index contributed by atoms with van der Waals surface area (Å²) in [4.78, 5) is 30.5. The zero-order valence-electron chi connectivity index (χ0n) is 16.5. The zero-order valence-corrected chi connectivity index (χ0v) is 16.5. The third kappa shape index (κ3) is 6.02. The van der Waals surface area contributed by atoms with Crippen LogP contribution in [0.15, 0.2) is 54.7 Å². The molecular weight excluding hydrogens is 370 g/mol. The minimum atomic E-state index is -0.250. The quantitative estimate of drug-likeness (QED) is 0.556. The fourth-order valence-electron chi connectivity index (χ4n) is 3.04. The number of hydrogen-bond donors (Lipinski definition) is 3. The molecule has 1 amide bonds. The molecule has 7 heteroatoms. The molecule has 152 valence electrons. The number of hydrogen-bond acceptors (Lipinski definition) is 4. The van der Waals surface area contributed by atoms with E-state index in [1.165, 1.54) is 0 Å². The van der Waals surface area contributed by atoms with Crippen molar-refractivity contribution in [2.75, 3.05) is 13.2 Å². The third-order valence-electron chi connectivity index (χ3n) is 4.26. The number of benzene rings is 2. The van der Waals surface area contributed by atoms with E-state index in [9.17, 15) is 9.90 Å². The number of imidazole rings is 1. The van der Waals surface area contributed by atoms with Gasteiger partial charge < -0.3 is 20.1 Å². The van der Waals surface area contributed by atoms with Crippen molar-refractivity contribution in [2.45, 2.75) is 20.4 Å². The lowest BCUT2D eigenvalue weighted by Gasteiger charge is -2.22. The number of rotatable bonds is 6. The molecule has 0 saturated heterocycles. The van der Waals surface area contributed by atoms with Gasteiger partial charge in [-0.15, -0.1) is 0 Å². The zero-order chi connectivity index (χ0) is 21.2. The Hall–Kier alpha value is -3.45. The predicted octanol–water partition coefficient (Wildman–Crippen LogP) is 3.03. The molecular formula is C22H25N3O4. The molecule has 2 aromatic carbocycles. The van der Waals surface area contributed by atoms with Gasteiger partial charge in [0.15, 0.2) is 0 Å². The highest BCUT2D eigenvalue weighted by Gasteiger charge is 2.20. The molecule has 0 aliphatic rings. The summed E-state index contributed by atoms with van der Waals surface area (Å²) in [5, 5.41) is 16.3. The number of H-pyrrole nitrogens is 1. The summed E-state index contributed by atoms with van der Waals surface area (Å²) >= 11 is 0. The number of nitrogens with zero attached hydrogens (tertiary/aromatic N) is 2. The van der Waals surface area contributed by atoms with Gasteiger partial charge in [-0.25, -0.2) is 4.98 Å². The standard InChI is InChI=1S/C21H23N3O2.CH2O2/c1-15-6-5-7-17(12-15)19-8-3-4-9-20(19)21(26)24(10-11-25)14-18-13-22-16(2)23-18;2-1-3/h3-9,12-13,25H,10-11,14H2,1-2H3,(H,22,23);1H,(H,2,3). The average molecular weight is 395 g/mol. The summed E-state index contributed by atoms with van der Waals surface area (Å²) in [5.74, 6) is 0.694. The number of aliphatic hydroxyl groups excluding tert-OH is 1. The van der Waals surface area contributed by atoms with Crippen molar-refractivity contribution in [2.24, 2.45) is 0 Å². The molecule has 0 unspecified atom stereocenters. The number of aromatic nitrogens is 2. The first kappa shape index (κ1) is 21.8. The van der Waals surface area contributed by atoms with Crippen molar-refractivity contribution < 1.29 is 19.8 Å². The first-order valence-corrected chi connectivity index (χ1v) is 9.14. The minimum Gasteiger partial charge on any atom is -0.483 e. The number of nitrogens with one attached hydrogen (secondary N) is 1. The molecule has 7 nitrogen and oxygen atoms in total. The number of carboxylic acid groups (broad SMARTS) is 1. The number of carbonyl (C=O) groups excluding carboxylic acids is 1. The van der Waals surface area contributed by atoms with E-state index in [0.717, 1.165) is 28.2 Å². The minimum absolute atomic E-state index is 0.0918. The van der Waals surface area contributed by atoms with Crippen LogP contribution in [0.4, 0.5) is 0 Å². The second-order valence-corrected chi connectivity index (χ2v) is 6.46. The van der Waals surface area contributed by atoms with Crippen LogP contribution in [0.1, 0.15) is 27.4 Å². The molecule has 0 bridgehead atoms. The van der Waals surface area contributed by atoms with Gasteiger partial charge in [-0.1, -0.05) is 48.0 Å². The molecule has 0 atom stereocenters. The van der Waals surface area contributed by atoms with Gasteiger partial charge in [-0.05, 0) is 31.0 Å². The Bertz CT molecular complexity index is 952. The summed E-state index contributed by atoms with van der Waals surface area (Å²) in [6, 6.07) is 15.7. The SMILES string of the molecule is Cc1cccc(-c2ccccc2C(=O)N(CCO)Cc2cnc(C)[nH]2)c1.O=CO. The molecule has 3 aromatic rings. The van der Waals surface area contributed by atoms with Crippen LogP contribution in [-0.4, -0.2) is 50.6 Å². The lowest BCUT2D eigenvalue weighted by atomic mass is 9.97. The Morgan fingerprint density at radius 1 is 1.17 bits per heavy atom. The van der Waals surface area contributed by atoms with E-state index in [-0.39, 0.29) is 25.5 Å². The van der Waals surface area contributed by atoms with Crippen LogP contribution >= 0.6 is 0 Å². The maximum absolute atomic E-state index is 13.2. The van der Waals surface area contributed by atoms with Crippen molar-refractivity contribution in [3.05, 3.63) is 77.4 Å². The van der Waals surface area contributed by atoms with E-state index >= 15 is 0 Å². The van der Waals surface area contributed by atoms with Crippen LogP contribution < -0.4 is 0 Å². The van der Waals surface area contributed by atoms with Crippen LogP contribution in [0.2, 0.25) is 0 Å². The van der Waals surface area contributed by atoms with Crippen LogP contribution in [0.3, 0.4) is 0 Å². The molecule has 0 aliphatic heterocycles. The van der Waals surface area contributed by atoms with Crippen LogP contribution in [0.25, 0.3) is 11.1 Å². The molecule has 1 aromatic heterocycles. The summed E-state index contributed by atoms with van der Waals surface area (Å²) in [6.45, 7) is 4.20. The van der Waals surface area contributed by atoms with Gasteiger partial charge in [0, 0.05) is 12.1 Å². The Kier molecular flexibility index (Phi) is 8.12. The van der Waals surface area contributed by atoms with E-state index in [0.29, 0.717) is 12.1 Å². The Balaban J connectivity index is 0.000000941. The summed E-state index contributed by atoms with van der Waals surface area (Å²) in [7, 11) is 0. The Morgan fingerprint density at radius 3 is 2.52 bits per heavy atom. The average Bonchev–Trinajstić information content (AvgIpc) is 3.12. The van der Waals surface area contributed by atoms with Gasteiger partial charge in [-0.2, -0.15) is 0 Å². The topological polar surface area (TPSA) is 107 Å². The largest absolute Gasteiger partial charge is 0.483 e. The lowest BCUT2D eigenvalue weighted by molar-refractivity contribution is -0.122. The van der Waals surface area contributed by atoms with E-state index in [1.807, 2.05) is 56.3 Å². The van der Waals surface area contributed by atoms with Gasteiger partial charge in [-0.3, -0.25) is 9.59 Å². The Labute approximate surface area is 169 Å². The van der Waals surface area contributed by atoms with Crippen LogP contribution in [0, 0.1) is 13.8 Å². The summed E-state index contributed by atoms with van der Waals surface area (Å²) in [6.07, 6.45) is 1.72. The first-order chi connectivity index (χ1) is 14.0. The van der Waals surface area contributed by atoms with Crippen molar-refractivity contribution >= 4 is 12.4 Å². The van der Waals surface area contributed by atoms with Crippen molar-refractivity contribution in [3.8, 4) is 11.1 Å². The maximum Gasteiger partial charge on any atom is 0.290 e. The number of carbonyl (C=O) groups is 2. The number of aryl methyl sites for hydroxylation is 2. The Morgan fingerprint density at radius 2 is 1.90 bits per heavy atom. The molecule has 0 spiro atoms. The molecule has 0 saturated carbocycles. The van der Waals surface area contributed by atoms with E-state index < -0.39 is 0 Å². The van der Waals surface area contributed by atoms with Crippen molar-refractivity contribution in [3.63, 3.8) is 0 Å². The normalized spacial score (nSPS) is 10.0. The molecule has 0 fully saturated rings. The van der Waals surface area contributed by atoms with Crippen molar-refractivity contribution in [1.82, 2.24) is 14.9 Å². The molecule has 0 aliphatic carbocycles. The number of aliphatic hydroxyl groups is 1. The fraction of sp³-hybridized carbons (Fsp3) is 0.227. The third-order valence-corrected chi connectivity index (χ3v) is 4.26. The monoisotopic (exact) mass is 395 g/mol.